The zero-order chi connectivity index (χ0) is 33.9. The fourth-order valence-corrected chi connectivity index (χ4v) is 5.05. The molecule has 0 radical (unpaired) electrons. The van der Waals surface area contributed by atoms with Crippen LogP contribution in [0.3, 0.4) is 0 Å². The number of likely N-dealkylation sites (N-methyl/N-ethyl adjacent to an activating group) is 1. The summed E-state index contributed by atoms with van der Waals surface area (Å²) in [5.41, 5.74) is 3.30. The number of aliphatic imine (C=N–C) groups is 1. The van der Waals surface area contributed by atoms with Crippen LogP contribution in [0.15, 0.2) is 82.9 Å². The number of amides is 1. The van der Waals surface area contributed by atoms with Gasteiger partial charge in [-0.15, -0.1) is 9.89 Å². The predicted molar refractivity (Wildman–Crippen MR) is 187 cm³/mol. The van der Waals surface area contributed by atoms with Crippen LogP contribution in [0.4, 0.5) is 11.4 Å². The Morgan fingerprint density at radius 2 is 1.50 bits per heavy atom. The molecule has 0 spiro atoms. The fourth-order valence-electron chi connectivity index (χ4n) is 5.05. The molecule has 252 valence electrons. The van der Waals surface area contributed by atoms with Gasteiger partial charge in [-0.2, -0.15) is 5.10 Å². The fraction of sp³-hybridized carbons (Fsp3) is 0.361. The number of carbonyl (C=O) groups excluding carboxylic acids is 1. The minimum Gasteiger partial charge on any atom is -0.497 e. The highest BCUT2D eigenvalue weighted by atomic mass is 16.5. The van der Waals surface area contributed by atoms with Gasteiger partial charge in [0.2, 0.25) is 11.7 Å². The van der Waals surface area contributed by atoms with Gasteiger partial charge in [0, 0.05) is 31.1 Å². The first-order chi connectivity index (χ1) is 23.4. The smallest absolute Gasteiger partial charge is 0.220 e. The molecular formula is C36H43N7O5. The second-order valence-corrected chi connectivity index (χ2v) is 11.3. The molecular weight excluding hydrogens is 610 g/mol. The summed E-state index contributed by atoms with van der Waals surface area (Å²) in [4.78, 5) is 25.8. The minimum atomic E-state index is -0.104. The van der Waals surface area contributed by atoms with E-state index in [0.29, 0.717) is 50.0 Å². The minimum absolute atomic E-state index is 0.0436. The van der Waals surface area contributed by atoms with Crippen molar-refractivity contribution in [3.8, 4) is 23.0 Å². The predicted octanol–water partition coefficient (Wildman–Crippen LogP) is 5.64. The second-order valence-electron chi connectivity index (χ2n) is 11.3. The zero-order valence-corrected chi connectivity index (χ0v) is 28.2. The van der Waals surface area contributed by atoms with Crippen LogP contribution >= 0.6 is 0 Å². The summed E-state index contributed by atoms with van der Waals surface area (Å²) in [7, 11) is 3.27. The van der Waals surface area contributed by atoms with Crippen molar-refractivity contribution in [1.29, 1.82) is 0 Å². The van der Waals surface area contributed by atoms with E-state index in [2.05, 4.69) is 39.5 Å². The molecule has 5 rings (SSSR count). The summed E-state index contributed by atoms with van der Waals surface area (Å²) in [5, 5.41) is 12.1. The van der Waals surface area contributed by atoms with Crippen molar-refractivity contribution in [2.45, 2.75) is 39.5 Å². The van der Waals surface area contributed by atoms with Crippen LogP contribution < -0.4 is 29.2 Å². The van der Waals surface area contributed by atoms with Gasteiger partial charge in [0.1, 0.15) is 35.3 Å². The number of aromatic nitrogens is 3. The van der Waals surface area contributed by atoms with Crippen molar-refractivity contribution in [3.05, 3.63) is 84.4 Å². The van der Waals surface area contributed by atoms with Gasteiger partial charge >= 0.3 is 0 Å². The van der Waals surface area contributed by atoms with Gasteiger partial charge in [0.15, 0.2) is 5.82 Å². The maximum Gasteiger partial charge on any atom is 0.220 e. The average Bonchev–Trinajstić information content (AvgIpc) is 3.66. The third kappa shape index (κ3) is 8.90. The van der Waals surface area contributed by atoms with Gasteiger partial charge in [0.05, 0.1) is 38.8 Å². The van der Waals surface area contributed by atoms with E-state index in [1.54, 1.807) is 14.2 Å². The summed E-state index contributed by atoms with van der Waals surface area (Å²) >= 11 is 0. The van der Waals surface area contributed by atoms with Crippen molar-refractivity contribution in [1.82, 2.24) is 20.2 Å². The average molecular weight is 654 g/mol. The standard InChI is InChI=1S/C36H43N7O5/c1-6-42(21-23-48-32-19-15-30(46-5)16-20-32)28-11-9-27(10-12-28)38-34-26(3)40-43-36(34)39-35(41-43)25(2)24-37-33(44)8-7-22-47-31-17-13-29(45-4)14-18-31/h9-20,25H,6-8,21-24H2,1-5H3,(H,37,44). The molecule has 1 N–H and O–H groups in total. The Labute approximate surface area is 281 Å². The van der Waals surface area contributed by atoms with Gasteiger partial charge in [-0.1, -0.05) is 6.92 Å². The number of rotatable bonds is 17. The Kier molecular flexibility index (Phi) is 11.6. The number of methoxy groups -OCH3 is 2. The summed E-state index contributed by atoms with van der Waals surface area (Å²) in [5.74, 6) is 4.17. The van der Waals surface area contributed by atoms with E-state index < -0.39 is 0 Å². The Bertz CT molecular complexity index is 1700. The number of fused-ring (bicyclic) bond motifs is 1. The van der Waals surface area contributed by atoms with E-state index >= 15 is 0 Å². The molecule has 12 heteroatoms. The first kappa shape index (κ1) is 34.0. The largest absolute Gasteiger partial charge is 0.497 e. The van der Waals surface area contributed by atoms with E-state index in [1.165, 1.54) is 4.79 Å². The number of benzene rings is 3. The van der Waals surface area contributed by atoms with Crippen LogP contribution in [0.2, 0.25) is 0 Å². The molecule has 3 aromatic carbocycles. The lowest BCUT2D eigenvalue weighted by molar-refractivity contribution is -0.121. The molecule has 0 bridgehead atoms. The maximum absolute atomic E-state index is 12.4. The molecule has 4 aromatic rings. The van der Waals surface area contributed by atoms with Gasteiger partial charge in [0.25, 0.3) is 0 Å². The number of hydrogen-bond acceptors (Lipinski definition) is 10. The second kappa shape index (κ2) is 16.4. The third-order valence-corrected chi connectivity index (χ3v) is 7.86. The number of nitrogens with one attached hydrogen (secondary N) is 1. The molecule has 1 aliphatic rings. The Balaban J connectivity index is 1.10. The maximum atomic E-state index is 12.4. The van der Waals surface area contributed by atoms with Crippen LogP contribution in [0.5, 0.6) is 23.0 Å². The van der Waals surface area contributed by atoms with E-state index in [0.717, 1.165) is 53.2 Å². The number of nitrogens with zero attached hydrogens (tertiary/aromatic N) is 6. The SMILES string of the molecule is CCN(CCOc1ccc(OC)cc1)c1ccc(N=C2C(C)=Nn3nc(C(C)CNC(=O)CCCOc4ccc(OC)cc4)nc32)cc1. The summed E-state index contributed by atoms with van der Waals surface area (Å²) in [6.07, 6.45) is 0.968. The highest BCUT2D eigenvalue weighted by molar-refractivity contribution is 6.48. The van der Waals surface area contributed by atoms with Crippen LogP contribution in [0.1, 0.15) is 51.2 Å². The molecule has 1 aliphatic heterocycles. The van der Waals surface area contributed by atoms with E-state index in [1.807, 2.05) is 74.5 Å². The van der Waals surface area contributed by atoms with Crippen LogP contribution in [-0.4, -0.2) is 79.3 Å². The molecule has 1 unspecified atom stereocenters. The molecule has 0 aliphatic carbocycles. The van der Waals surface area contributed by atoms with Crippen molar-refractivity contribution < 1.29 is 23.7 Å². The first-order valence-corrected chi connectivity index (χ1v) is 16.1. The Morgan fingerprint density at radius 1 is 0.896 bits per heavy atom. The highest BCUT2D eigenvalue weighted by Gasteiger charge is 2.26. The first-order valence-electron chi connectivity index (χ1n) is 16.1. The monoisotopic (exact) mass is 653 g/mol. The molecule has 0 saturated heterocycles. The molecule has 1 atom stereocenters. The van der Waals surface area contributed by atoms with Crippen LogP contribution in [0.25, 0.3) is 0 Å². The summed E-state index contributed by atoms with van der Waals surface area (Å²) in [6.45, 7) is 9.00. The van der Waals surface area contributed by atoms with Gasteiger partial charge in [-0.25, -0.2) is 9.98 Å². The molecule has 1 aromatic heterocycles. The topological polar surface area (TPSA) is 125 Å². The lowest BCUT2D eigenvalue weighted by Crippen LogP contribution is -2.28. The van der Waals surface area contributed by atoms with Crippen LogP contribution in [-0.2, 0) is 4.79 Å². The summed E-state index contributed by atoms with van der Waals surface area (Å²) < 4.78 is 22.0. The number of ether oxygens (including phenoxy) is 4. The number of hydrogen-bond donors (Lipinski definition) is 1. The molecule has 0 saturated carbocycles. The lowest BCUT2D eigenvalue weighted by atomic mass is 10.1. The molecule has 1 amide bonds. The molecule has 48 heavy (non-hydrogen) atoms. The quantitative estimate of drug-likeness (QED) is 0.145. The van der Waals surface area contributed by atoms with Gasteiger partial charge < -0.3 is 29.2 Å². The van der Waals surface area contributed by atoms with E-state index in [9.17, 15) is 4.79 Å². The van der Waals surface area contributed by atoms with Crippen molar-refractivity contribution >= 4 is 28.7 Å². The third-order valence-electron chi connectivity index (χ3n) is 7.86. The lowest BCUT2D eigenvalue weighted by Gasteiger charge is -2.23. The van der Waals surface area contributed by atoms with Crippen molar-refractivity contribution in [2.75, 3.05) is 52.0 Å². The zero-order valence-electron chi connectivity index (χ0n) is 28.2. The number of anilines is 1. The molecule has 2 heterocycles. The van der Waals surface area contributed by atoms with E-state index in [4.69, 9.17) is 28.9 Å². The normalized spacial score (nSPS) is 13.4. The number of carbonyl (C=O) groups is 1. The van der Waals surface area contributed by atoms with Crippen molar-refractivity contribution in [3.63, 3.8) is 0 Å². The molecule has 12 nitrogen and oxygen atoms in total. The van der Waals surface area contributed by atoms with Gasteiger partial charge in [-0.05, 0) is 93.1 Å². The highest BCUT2D eigenvalue weighted by Crippen LogP contribution is 2.24. The van der Waals surface area contributed by atoms with Crippen LogP contribution in [0, 0.1) is 0 Å². The van der Waals surface area contributed by atoms with Crippen molar-refractivity contribution in [2.24, 2.45) is 10.1 Å². The van der Waals surface area contributed by atoms with Gasteiger partial charge in [-0.3, -0.25) is 4.79 Å². The van der Waals surface area contributed by atoms with E-state index in [-0.39, 0.29) is 11.8 Å². The Hall–Kier alpha value is -5.39. The summed E-state index contributed by atoms with van der Waals surface area (Å²) in [6, 6.07) is 23.1. The molecule has 0 fully saturated rings. The Morgan fingerprint density at radius 3 is 2.10 bits per heavy atom.